The summed E-state index contributed by atoms with van der Waals surface area (Å²) in [6, 6.07) is 1.50. The molecule has 1 aromatic rings. The van der Waals surface area contributed by atoms with Crippen LogP contribution in [-0.4, -0.2) is 16.2 Å². The van der Waals surface area contributed by atoms with Gasteiger partial charge in [-0.3, -0.25) is 0 Å². The Labute approximate surface area is 65.1 Å². The molecular formula is C4H4CdN2O3+. The molecule has 0 spiro atoms. The van der Waals surface area contributed by atoms with Gasteiger partial charge in [0.05, 0.1) is 0 Å². The molecule has 49 valence electrons. The summed E-state index contributed by atoms with van der Waals surface area (Å²) in [6.45, 7) is 0. The minimum absolute atomic E-state index is 0.0922. The summed E-state index contributed by atoms with van der Waals surface area (Å²) in [5, 5.41) is 17.5. The van der Waals surface area contributed by atoms with Crippen molar-refractivity contribution in [3.05, 3.63) is 12.3 Å². The number of carbonyl (C=O) groups is 1. The van der Waals surface area contributed by atoms with E-state index in [1.165, 1.54) is 8.56 Å². The average molecular weight is 240 g/mol. The predicted octanol–water partition coefficient (Wildman–Crippen LogP) is -0.683. The standard InChI is InChI=1S/C3H3N2O.CHO2.Cd/c6-3-1-2-4-5-3;2-1-3;/h1-2H,(H-,4,5,6);(H,2,3);/q-1;;+2. The van der Waals surface area contributed by atoms with Gasteiger partial charge in [0.15, 0.2) is 0 Å². The molecule has 0 aliphatic carbocycles. The molecule has 0 atom stereocenters. The molecule has 1 aliphatic rings. The Morgan fingerprint density at radius 2 is 2.50 bits per heavy atom. The van der Waals surface area contributed by atoms with Crippen LogP contribution in [0.4, 0.5) is 4.79 Å². The van der Waals surface area contributed by atoms with E-state index in [9.17, 15) is 4.79 Å². The topological polar surface area (TPSA) is 66.3 Å². The Hall–Kier alpha value is -0.598. The summed E-state index contributed by atoms with van der Waals surface area (Å²) >= 11 is -2.75. The first-order valence-electron chi connectivity index (χ1n) is 2.94. The third-order valence-electron chi connectivity index (χ3n) is 1.75. The van der Waals surface area contributed by atoms with Crippen molar-refractivity contribution < 1.29 is 40.8 Å². The van der Waals surface area contributed by atoms with E-state index in [0.29, 0.717) is 0 Å². The maximum absolute atomic E-state index is 10.4. The van der Waals surface area contributed by atoms with Gasteiger partial charge < -0.3 is 0 Å². The summed E-state index contributed by atoms with van der Waals surface area (Å²) in [4.78, 5) is 10.4. The molecule has 10 heavy (non-hydrogen) atoms. The average Bonchev–Trinajstić information content (AvgIpc) is 2.48. The molecule has 2 heterocycles. The molecule has 0 radical (unpaired) electrons. The van der Waals surface area contributed by atoms with Crippen molar-refractivity contribution in [3.8, 4) is 5.88 Å². The SMILES string of the molecule is O=[C](O)[Cd]1[n]2c(O)cc[n+]21. The van der Waals surface area contributed by atoms with Crippen LogP contribution in [0.15, 0.2) is 12.3 Å². The second-order valence-corrected chi connectivity index (χ2v) is 10.3. The van der Waals surface area contributed by atoms with Gasteiger partial charge >= 0.3 is 65.0 Å². The monoisotopic (exact) mass is 242 g/mol. The van der Waals surface area contributed by atoms with Gasteiger partial charge in [-0.15, -0.1) is 0 Å². The van der Waals surface area contributed by atoms with Gasteiger partial charge in [-0.25, -0.2) is 0 Å². The summed E-state index contributed by atoms with van der Waals surface area (Å²) < 4.78 is 2.43. The molecule has 2 N–H and O–H groups in total. The number of aromatic nitrogens is 2. The molecule has 1 aromatic heterocycles. The van der Waals surface area contributed by atoms with E-state index in [1.807, 2.05) is 0 Å². The number of fused-ring (bicyclic) bond motifs is 1. The molecule has 1 aliphatic heterocycles. The van der Waals surface area contributed by atoms with Crippen LogP contribution in [0.1, 0.15) is 0 Å². The molecule has 0 bridgehead atoms. The van der Waals surface area contributed by atoms with Crippen LogP contribution < -0.4 is 2.49 Å². The Balaban J connectivity index is 2.37. The van der Waals surface area contributed by atoms with Gasteiger partial charge in [-0.05, 0) is 0 Å². The Kier molecular flexibility index (Phi) is 1.05. The molecule has 0 unspecified atom stereocenters. The van der Waals surface area contributed by atoms with Crippen molar-refractivity contribution >= 4 is 3.53 Å². The number of nitrogens with zero attached hydrogens (tertiary/aromatic N) is 2. The van der Waals surface area contributed by atoms with E-state index in [0.717, 1.165) is 0 Å². The first-order valence-corrected chi connectivity index (χ1v) is 8.57. The van der Waals surface area contributed by atoms with Gasteiger partial charge in [0.1, 0.15) is 0 Å². The van der Waals surface area contributed by atoms with E-state index >= 15 is 0 Å². The van der Waals surface area contributed by atoms with Crippen LogP contribution in [0.5, 0.6) is 5.88 Å². The van der Waals surface area contributed by atoms with Gasteiger partial charge in [-0.2, -0.15) is 0 Å². The Morgan fingerprint density at radius 1 is 1.80 bits per heavy atom. The quantitative estimate of drug-likeness (QED) is 0.639. The van der Waals surface area contributed by atoms with E-state index in [1.54, 1.807) is 8.69 Å². The molecule has 0 aromatic carbocycles. The van der Waals surface area contributed by atoms with Crippen molar-refractivity contribution in [1.29, 1.82) is 0 Å². The first-order chi connectivity index (χ1) is 4.72. The van der Waals surface area contributed by atoms with Gasteiger partial charge in [0.25, 0.3) is 0 Å². The van der Waals surface area contributed by atoms with Crippen molar-refractivity contribution in [3.63, 3.8) is 0 Å². The van der Waals surface area contributed by atoms with Crippen molar-refractivity contribution in [2.24, 2.45) is 0 Å². The van der Waals surface area contributed by atoms with Crippen molar-refractivity contribution in [2.45, 2.75) is 0 Å². The Morgan fingerprint density at radius 3 is 2.80 bits per heavy atom. The van der Waals surface area contributed by atoms with Crippen molar-refractivity contribution in [2.75, 3.05) is 0 Å². The second-order valence-electron chi connectivity index (χ2n) is 2.36. The molecule has 0 amide bonds. The van der Waals surface area contributed by atoms with Gasteiger partial charge in [0, 0.05) is 0 Å². The van der Waals surface area contributed by atoms with E-state index in [-0.39, 0.29) is 5.88 Å². The zero-order valence-electron chi connectivity index (χ0n) is 5.06. The summed E-state index contributed by atoms with van der Waals surface area (Å²) in [5.74, 6) is 0.0922. The fraction of sp³-hybridized carbons (Fsp3) is 0. The van der Waals surface area contributed by atoms with E-state index in [4.69, 9.17) is 10.2 Å². The van der Waals surface area contributed by atoms with Crippen LogP contribution in [0.25, 0.3) is 0 Å². The normalized spacial score (nSPS) is 13.0. The van der Waals surface area contributed by atoms with Gasteiger partial charge in [0.2, 0.25) is 0 Å². The second kappa shape index (κ2) is 1.71. The number of aromatic hydroxyl groups is 1. The zero-order valence-corrected chi connectivity index (χ0v) is 9.10. The summed E-state index contributed by atoms with van der Waals surface area (Å²) in [6.07, 6.45) is 1.62. The molecule has 0 fully saturated rings. The third-order valence-corrected chi connectivity index (χ3v) is 9.14. The fourth-order valence-electron chi connectivity index (χ4n) is 1.21. The van der Waals surface area contributed by atoms with Gasteiger partial charge in [-0.1, -0.05) is 0 Å². The van der Waals surface area contributed by atoms with E-state index in [2.05, 4.69) is 0 Å². The third kappa shape index (κ3) is 0.605. The number of hydrogen-bond acceptors (Lipinski definition) is 2. The molecule has 6 heteroatoms. The molecular weight excluding hydrogens is 236 g/mol. The number of hydrogen-bond donors (Lipinski definition) is 2. The minimum atomic E-state index is -2.75. The molecule has 5 nitrogen and oxygen atoms in total. The fourth-order valence-corrected chi connectivity index (χ4v) is 8.72. The number of carboxylic acid groups (broad SMARTS) is 1. The molecule has 0 saturated carbocycles. The maximum atomic E-state index is 10.4. The molecule has 0 saturated heterocycles. The van der Waals surface area contributed by atoms with Crippen LogP contribution in [0.2, 0.25) is 0 Å². The van der Waals surface area contributed by atoms with Crippen LogP contribution in [0, 0.1) is 0 Å². The van der Waals surface area contributed by atoms with Crippen LogP contribution >= 0.6 is 0 Å². The van der Waals surface area contributed by atoms with Crippen LogP contribution in [-0.2, 0) is 23.3 Å². The van der Waals surface area contributed by atoms with Crippen LogP contribution in [0.3, 0.4) is 0 Å². The summed E-state index contributed by atoms with van der Waals surface area (Å²) in [5.41, 5.74) is 0. The zero-order chi connectivity index (χ0) is 7.30. The summed E-state index contributed by atoms with van der Waals surface area (Å²) in [7, 11) is 0. The Bertz CT molecular complexity index is 307. The predicted molar refractivity (Wildman–Crippen MR) is 25.1 cm³/mol. The first kappa shape index (κ1) is 6.13. The van der Waals surface area contributed by atoms with Crippen molar-refractivity contribution in [1.82, 2.24) is 2.49 Å². The molecule has 2 rings (SSSR count). The number of rotatable bonds is 1. The van der Waals surface area contributed by atoms with E-state index < -0.39 is 26.8 Å².